The number of hydrogen-bond donors (Lipinski definition) is 1. The van der Waals surface area contributed by atoms with E-state index in [0.717, 1.165) is 12.1 Å². The molecule has 5 heteroatoms. The second-order valence-corrected chi connectivity index (χ2v) is 5.36. The minimum absolute atomic E-state index is 0.127. The normalized spacial score (nSPS) is 10.7. The molecule has 112 valence electrons. The maximum absolute atomic E-state index is 13.7. The van der Waals surface area contributed by atoms with E-state index in [1.54, 1.807) is 12.1 Å². The highest BCUT2D eigenvalue weighted by molar-refractivity contribution is 6.31. The molecule has 0 heterocycles. The minimum atomic E-state index is -0.377. The molecule has 0 saturated carbocycles. The van der Waals surface area contributed by atoms with E-state index in [-0.39, 0.29) is 12.4 Å². The average molecular weight is 328 g/mol. The van der Waals surface area contributed by atoms with Gasteiger partial charge in [-0.05, 0) is 30.8 Å². The number of nitrogens with one attached hydrogen (secondary N) is 1. The number of rotatable bonds is 6. The second-order valence-electron chi connectivity index (χ2n) is 4.52. The Morgan fingerprint density at radius 2 is 2.00 bits per heavy atom. The SMILES string of the molecule is CCNCc1c(Cl)cccc1OCc1ccc(Cl)cc1F. The third-order valence-electron chi connectivity index (χ3n) is 3.03. The van der Waals surface area contributed by atoms with Crippen molar-refractivity contribution in [3.63, 3.8) is 0 Å². The molecule has 0 unspecified atom stereocenters. The van der Waals surface area contributed by atoms with Crippen LogP contribution in [0.2, 0.25) is 10.0 Å². The molecular formula is C16H16Cl2FNO. The van der Waals surface area contributed by atoms with Crippen molar-refractivity contribution < 1.29 is 9.13 Å². The first-order chi connectivity index (χ1) is 10.1. The highest BCUT2D eigenvalue weighted by atomic mass is 35.5. The zero-order chi connectivity index (χ0) is 15.2. The number of halogens is 3. The Bertz CT molecular complexity index is 619. The van der Waals surface area contributed by atoms with Gasteiger partial charge in [-0.1, -0.05) is 42.3 Å². The Morgan fingerprint density at radius 3 is 2.71 bits per heavy atom. The van der Waals surface area contributed by atoms with E-state index in [0.29, 0.717) is 27.9 Å². The van der Waals surface area contributed by atoms with Crippen LogP contribution in [0.3, 0.4) is 0 Å². The van der Waals surface area contributed by atoms with E-state index in [1.807, 2.05) is 25.1 Å². The second kappa shape index (κ2) is 7.64. The zero-order valence-electron chi connectivity index (χ0n) is 11.6. The molecule has 2 aromatic carbocycles. The van der Waals surface area contributed by atoms with Crippen molar-refractivity contribution >= 4 is 23.2 Å². The molecule has 2 aromatic rings. The number of ether oxygens (including phenoxy) is 1. The summed E-state index contributed by atoms with van der Waals surface area (Å²) in [7, 11) is 0. The van der Waals surface area contributed by atoms with Gasteiger partial charge < -0.3 is 10.1 Å². The van der Waals surface area contributed by atoms with Crippen LogP contribution < -0.4 is 10.1 Å². The van der Waals surface area contributed by atoms with E-state index in [1.165, 1.54) is 6.07 Å². The van der Waals surface area contributed by atoms with Crippen LogP contribution in [-0.4, -0.2) is 6.54 Å². The van der Waals surface area contributed by atoms with Gasteiger partial charge in [0.05, 0.1) is 0 Å². The predicted octanol–water partition coefficient (Wildman–Crippen LogP) is 4.82. The summed E-state index contributed by atoms with van der Waals surface area (Å²) in [5.41, 5.74) is 1.32. The summed E-state index contributed by atoms with van der Waals surface area (Å²) >= 11 is 11.9. The minimum Gasteiger partial charge on any atom is -0.488 e. The van der Waals surface area contributed by atoms with Gasteiger partial charge in [0.15, 0.2) is 0 Å². The summed E-state index contributed by atoms with van der Waals surface area (Å²) in [6, 6.07) is 9.98. The lowest BCUT2D eigenvalue weighted by atomic mass is 10.2. The van der Waals surface area contributed by atoms with Gasteiger partial charge >= 0.3 is 0 Å². The van der Waals surface area contributed by atoms with Gasteiger partial charge in [0.1, 0.15) is 18.2 Å². The van der Waals surface area contributed by atoms with Crippen molar-refractivity contribution in [3.05, 3.63) is 63.4 Å². The molecule has 0 aliphatic rings. The van der Waals surface area contributed by atoms with E-state index in [4.69, 9.17) is 27.9 Å². The monoisotopic (exact) mass is 327 g/mol. The van der Waals surface area contributed by atoms with Gasteiger partial charge in [0.2, 0.25) is 0 Å². The molecule has 21 heavy (non-hydrogen) atoms. The molecule has 0 aliphatic heterocycles. The smallest absolute Gasteiger partial charge is 0.131 e. The molecule has 0 bridgehead atoms. The van der Waals surface area contributed by atoms with E-state index in [2.05, 4.69) is 5.32 Å². The summed E-state index contributed by atoms with van der Waals surface area (Å²) in [6.07, 6.45) is 0. The quantitative estimate of drug-likeness (QED) is 0.821. The largest absolute Gasteiger partial charge is 0.488 e. The number of hydrogen-bond acceptors (Lipinski definition) is 2. The molecule has 2 rings (SSSR count). The zero-order valence-corrected chi connectivity index (χ0v) is 13.1. The highest BCUT2D eigenvalue weighted by Crippen LogP contribution is 2.27. The van der Waals surface area contributed by atoms with Crippen LogP contribution >= 0.6 is 23.2 Å². The van der Waals surface area contributed by atoms with Crippen LogP contribution in [0.15, 0.2) is 36.4 Å². The molecule has 0 atom stereocenters. The van der Waals surface area contributed by atoms with Crippen LogP contribution in [0, 0.1) is 5.82 Å². The van der Waals surface area contributed by atoms with Crippen molar-refractivity contribution in [2.24, 2.45) is 0 Å². The van der Waals surface area contributed by atoms with Gasteiger partial charge in [0, 0.05) is 27.7 Å². The fourth-order valence-corrected chi connectivity index (χ4v) is 2.28. The van der Waals surface area contributed by atoms with Gasteiger partial charge in [-0.15, -0.1) is 0 Å². The molecule has 2 nitrogen and oxygen atoms in total. The Hall–Kier alpha value is -1.29. The van der Waals surface area contributed by atoms with E-state index >= 15 is 0 Å². The standard InChI is InChI=1S/C16H16Cl2FNO/c1-2-20-9-13-14(18)4-3-5-16(13)21-10-11-6-7-12(17)8-15(11)19/h3-8,20H,2,9-10H2,1H3. The van der Waals surface area contributed by atoms with Gasteiger partial charge in [-0.3, -0.25) is 0 Å². The third-order valence-corrected chi connectivity index (χ3v) is 3.62. The lowest BCUT2D eigenvalue weighted by Crippen LogP contribution is -2.13. The van der Waals surface area contributed by atoms with Crippen molar-refractivity contribution in [2.75, 3.05) is 6.54 Å². The average Bonchev–Trinajstić information content (AvgIpc) is 2.45. The van der Waals surface area contributed by atoms with Crippen molar-refractivity contribution in [1.29, 1.82) is 0 Å². The first-order valence-electron chi connectivity index (χ1n) is 6.66. The Balaban J connectivity index is 2.14. The summed E-state index contributed by atoms with van der Waals surface area (Å²) in [5.74, 6) is 0.274. The first-order valence-corrected chi connectivity index (χ1v) is 7.42. The lowest BCUT2D eigenvalue weighted by molar-refractivity contribution is 0.296. The first kappa shape index (κ1) is 16.1. The number of benzene rings is 2. The molecular weight excluding hydrogens is 312 g/mol. The Labute approximate surface area is 133 Å². The van der Waals surface area contributed by atoms with Crippen LogP contribution in [0.25, 0.3) is 0 Å². The maximum atomic E-state index is 13.7. The van der Waals surface area contributed by atoms with Gasteiger partial charge in [0.25, 0.3) is 0 Å². The molecule has 0 aromatic heterocycles. The van der Waals surface area contributed by atoms with Gasteiger partial charge in [-0.25, -0.2) is 4.39 Å². The molecule has 0 aliphatic carbocycles. The van der Waals surface area contributed by atoms with Crippen LogP contribution in [-0.2, 0) is 13.2 Å². The van der Waals surface area contributed by atoms with Crippen molar-refractivity contribution in [3.8, 4) is 5.75 Å². The van der Waals surface area contributed by atoms with E-state index < -0.39 is 0 Å². The highest BCUT2D eigenvalue weighted by Gasteiger charge is 2.09. The van der Waals surface area contributed by atoms with Crippen molar-refractivity contribution in [2.45, 2.75) is 20.1 Å². The molecule has 0 fully saturated rings. The summed E-state index contributed by atoms with van der Waals surface area (Å²) in [4.78, 5) is 0. The third kappa shape index (κ3) is 4.34. The summed E-state index contributed by atoms with van der Waals surface area (Å²) in [5, 5.41) is 4.20. The summed E-state index contributed by atoms with van der Waals surface area (Å²) < 4.78 is 19.4. The fraction of sp³-hybridized carbons (Fsp3) is 0.250. The molecule has 1 N–H and O–H groups in total. The lowest BCUT2D eigenvalue weighted by Gasteiger charge is -2.13. The predicted molar refractivity (Wildman–Crippen MR) is 84.6 cm³/mol. The topological polar surface area (TPSA) is 21.3 Å². The van der Waals surface area contributed by atoms with Crippen molar-refractivity contribution in [1.82, 2.24) is 5.32 Å². The molecule has 0 saturated heterocycles. The Kier molecular flexibility index (Phi) is 5.85. The van der Waals surface area contributed by atoms with Crippen LogP contribution in [0.4, 0.5) is 4.39 Å². The molecule has 0 amide bonds. The molecule has 0 radical (unpaired) electrons. The van der Waals surface area contributed by atoms with Gasteiger partial charge in [-0.2, -0.15) is 0 Å². The molecule has 0 spiro atoms. The fourth-order valence-electron chi connectivity index (χ4n) is 1.89. The maximum Gasteiger partial charge on any atom is 0.131 e. The van der Waals surface area contributed by atoms with Crippen LogP contribution in [0.1, 0.15) is 18.1 Å². The summed E-state index contributed by atoms with van der Waals surface area (Å²) in [6.45, 7) is 3.58. The Morgan fingerprint density at radius 1 is 1.19 bits per heavy atom. The van der Waals surface area contributed by atoms with E-state index in [9.17, 15) is 4.39 Å². The van der Waals surface area contributed by atoms with Crippen LogP contribution in [0.5, 0.6) is 5.75 Å².